The van der Waals surface area contributed by atoms with Crippen LogP contribution in [0.25, 0.3) is 10.4 Å². The van der Waals surface area contributed by atoms with Crippen molar-refractivity contribution in [3.05, 3.63) is 38.4 Å². The Balaban J connectivity index is 3.07. The van der Waals surface area contributed by atoms with Gasteiger partial charge in [0.05, 0.1) is 11.7 Å². The molecule has 0 spiro atoms. The van der Waals surface area contributed by atoms with E-state index in [1.165, 1.54) is 6.07 Å². The average molecular weight is 418 g/mol. The zero-order valence-electron chi connectivity index (χ0n) is 13.5. The number of hydrogen-bond acceptors (Lipinski definition) is 4. The molecule has 0 aromatic heterocycles. The number of halogens is 2. The molecule has 0 bridgehead atoms. The van der Waals surface area contributed by atoms with E-state index in [0.29, 0.717) is 22.2 Å². The Hall–Kier alpha value is -1.57. The number of hydrogen-bond donors (Lipinski definition) is 0. The summed E-state index contributed by atoms with van der Waals surface area (Å²) in [7, 11) is 0. The van der Waals surface area contributed by atoms with Crippen molar-refractivity contribution in [1.82, 2.24) is 0 Å². The SMILES string of the molecule is CCC(C)OC(=O)C(CC)Sc1cc(C(=O)N=[N+]=[N-])c(F)cc1Br. The lowest BCUT2D eigenvalue weighted by atomic mass is 10.2. The molecule has 0 saturated heterocycles. The third-order valence-electron chi connectivity index (χ3n) is 3.18. The molecule has 0 aliphatic heterocycles. The summed E-state index contributed by atoms with van der Waals surface area (Å²) in [6.07, 6.45) is 1.02. The Kier molecular flexibility index (Phi) is 8.24. The van der Waals surface area contributed by atoms with Crippen molar-refractivity contribution in [2.45, 2.75) is 49.9 Å². The van der Waals surface area contributed by atoms with Crippen LogP contribution in [0.3, 0.4) is 0 Å². The van der Waals surface area contributed by atoms with Gasteiger partial charge >= 0.3 is 5.97 Å². The molecule has 24 heavy (non-hydrogen) atoms. The number of thioether (sulfide) groups is 1. The predicted octanol–water partition coefficient (Wildman–Crippen LogP) is 5.25. The summed E-state index contributed by atoms with van der Waals surface area (Å²) in [5.41, 5.74) is 7.97. The lowest BCUT2D eigenvalue weighted by Crippen LogP contribution is -2.24. The van der Waals surface area contributed by atoms with Crippen LogP contribution in [0.15, 0.2) is 26.6 Å². The minimum Gasteiger partial charge on any atom is -0.462 e. The summed E-state index contributed by atoms with van der Waals surface area (Å²) in [6, 6.07) is 2.37. The molecule has 0 fully saturated rings. The van der Waals surface area contributed by atoms with Gasteiger partial charge in [-0.05, 0) is 58.5 Å². The third-order valence-corrected chi connectivity index (χ3v) is 5.50. The minimum atomic E-state index is -1.01. The summed E-state index contributed by atoms with van der Waals surface area (Å²) in [4.78, 5) is 26.7. The third kappa shape index (κ3) is 5.51. The Morgan fingerprint density at radius 2 is 2.08 bits per heavy atom. The molecule has 0 saturated carbocycles. The van der Waals surface area contributed by atoms with Crippen molar-refractivity contribution >= 4 is 39.6 Å². The van der Waals surface area contributed by atoms with Crippen LogP contribution >= 0.6 is 27.7 Å². The van der Waals surface area contributed by atoms with Gasteiger partial charge in [-0.1, -0.05) is 13.8 Å². The summed E-state index contributed by atoms with van der Waals surface area (Å²) >= 11 is 4.37. The number of amides is 1. The summed E-state index contributed by atoms with van der Waals surface area (Å²) in [5.74, 6) is -2.19. The van der Waals surface area contributed by atoms with Gasteiger partial charge in [-0.25, -0.2) is 4.39 Å². The number of benzene rings is 1. The number of nitrogens with zero attached hydrogens (tertiary/aromatic N) is 3. The van der Waals surface area contributed by atoms with Crippen LogP contribution in [0.1, 0.15) is 44.0 Å². The van der Waals surface area contributed by atoms with Gasteiger partial charge in [0.25, 0.3) is 5.91 Å². The Labute approximate surface area is 151 Å². The van der Waals surface area contributed by atoms with Crippen LogP contribution < -0.4 is 0 Å². The topological polar surface area (TPSA) is 92.1 Å². The van der Waals surface area contributed by atoms with Gasteiger partial charge in [-0.3, -0.25) is 9.59 Å². The molecule has 0 radical (unpaired) electrons. The molecule has 0 aliphatic rings. The highest BCUT2D eigenvalue weighted by molar-refractivity contribution is 9.10. The second-order valence-corrected chi connectivity index (χ2v) is 7.03. The molecule has 1 aromatic carbocycles. The van der Waals surface area contributed by atoms with E-state index in [1.54, 1.807) is 6.92 Å². The summed E-state index contributed by atoms with van der Waals surface area (Å²) in [6.45, 7) is 5.55. The number of azide groups is 1. The fourth-order valence-electron chi connectivity index (χ4n) is 1.69. The largest absolute Gasteiger partial charge is 0.462 e. The fourth-order valence-corrected chi connectivity index (χ4v) is 3.26. The van der Waals surface area contributed by atoms with Crippen molar-refractivity contribution in [3.63, 3.8) is 0 Å². The molecule has 0 N–H and O–H groups in total. The maximum atomic E-state index is 13.9. The number of ether oxygens (including phenoxy) is 1. The van der Waals surface area contributed by atoms with Crippen LogP contribution in [0.4, 0.5) is 4.39 Å². The van der Waals surface area contributed by atoms with Crippen LogP contribution in [-0.4, -0.2) is 23.2 Å². The summed E-state index contributed by atoms with van der Waals surface area (Å²) in [5, 5.41) is 2.40. The van der Waals surface area contributed by atoms with Gasteiger partial charge in [0.2, 0.25) is 0 Å². The maximum Gasteiger partial charge on any atom is 0.319 e. The van der Waals surface area contributed by atoms with Gasteiger partial charge in [0, 0.05) is 14.3 Å². The van der Waals surface area contributed by atoms with E-state index >= 15 is 0 Å². The molecule has 1 rings (SSSR count). The molecule has 2 unspecified atom stereocenters. The lowest BCUT2D eigenvalue weighted by Gasteiger charge is -2.18. The second kappa shape index (κ2) is 9.66. The minimum absolute atomic E-state index is 0.189. The second-order valence-electron chi connectivity index (χ2n) is 4.93. The molecule has 1 aromatic rings. The van der Waals surface area contributed by atoms with Crippen LogP contribution in [0.5, 0.6) is 0 Å². The van der Waals surface area contributed by atoms with E-state index in [-0.39, 0.29) is 17.6 Å². The first-order chi connectivity index (χ1) is 11.3. The van der Waals surface area contributed by atoms with Gasteiger partial charge in [0.15, 0.2) is 0 Å². The van der Waals surface area contributed by atoms with E-state index in [9.17, 15) is 14.0 Å². The highest BCUT2D eigenvalue weighted by atomic mass is 79.9. The molecule has 0 aliphatic carbocycles. The standard InChI is InChI=1S/C15H17BrFN3O3S/c1-4-8(3)23-15(22)12(5-2)24-13-6-9(14(21)19-20-18)11(17)7-10(13)16/h6-8,12H,4-5H2,1-3H3. The molecule has 1 amide bonds. The van der Waals surface area contributed by atoms with Gasteiger partial charge in [-0.2, -0.15) is 0 Å². The Bertz CT molecular complexity index is 680. The lowest BCUT2D eigenvalue weighted by molar-refractivity contribution is -0.147. The van der Waals surface area contributed by atoms with Crippen LogP contribution in [0, 0.1) is 5.82 Å². The van der Waals surface area contributed by atoms with Gasteiger partial charge in [0.1, 0.15) is 11.1 Å². The summed E-state index contributed by atoms with van der Waals surface area (Å²) < 4.78 is 19.6. The van der Waals surface area contributed by atoms with E-state index in [4.69, 9.17) is 10.3 Å². The molecule has 6 nitrogen and oxygen atoms in total. The molecular formula is C15H17BrFN3O3S. The smallest absolute Gasteiger partial charge is 0.319 e. The zero-order chi connectivity index (χ0) is 18.3. The predicted molar refractivity (Wildman–Crippen MR) is 93.4 cm³/mol. The van der Waals surface area contributed by atoms with Crippen molar-refractivity contribution < 1.29 is 18.7 Å². The Morgan fingerprint density at radius 1 is 1.42 bits per heavy atom. The van der Waals surface area contributed by atoms with E-state index < -0.39 is 17.0 Å². The van der Waals surface area contributed by atoms with Crippen LogP contribution in [-0.2, 0) is 9.53 Å². The van der Waals surface area contributed by atoms with Gasteiger partial charge < -0.3 is 4.74 Å². The quantitative estimate of drug-likeness (QED) is 0.199. The molecule has 0 heterocycles. The first-order valence-electron chi connectivity index (χ1n) is 7.29. The van der Waals surface area contributed by atoms with Gasteiger partial charge in [-0.15, -0.1) is 11.8 Å². The zero-order valence-corrected chi connectivity index (χ0v) is 15.9. The van der Waals surface area contributed by atoms with E-state index in [1.807, 2.05) is 13.8 Å². The molecule has 130 valence electrons. The maximum absolute atomic E-state index is 13.9. The van der Waals surface area contributed by atoms with Crippen molar-refractivity contribution in [2.24, 2.45) is 5.11 Å². The monoisotopic (exact) mass is 417 g/mol. The molecule has 9 heteroatoms. The normalized spacial score (nSPS) is 12.9. The van der Waals surface area contributed by atoms with E-state index in [0.717, 1.165) is 17.8 Å². The van der Waals surface area contributed by atoms with Crippen LogP contribution in [0.2, 0.25) is 0 Å². The fraction of sp³-hybridized carbons (Fsp3) is 0.467. The highest BCUT2D eigenvalue weighted by Crippen LogP contribution is 2.35. The number of rotatable bonds is 7. The molecular weight excluding hydrogens is 401 g/mol. The first kappa shape index (κ1) is 20.5. The number of carbonyl (C=O) groups is 2. The average Bonchev–Trinajstić information content (AvgIpc) is 2.53. The Morgan fingerprint density at radius 3 is 2.62 bits per heavy atom. The van der Waals surface area contributed by atoms with Crippen molar-refractivity contribution in [3.8, 4) is 0 Å². The van der Waals surface area contributed by atoms with Crippen molar-refractivity contribution in [1.29, 1.82) is 0 Å². The number of carbonyl (C=O) groups excluding carboxylic acids is 2. The molecule has 2 atom stereocenters. The van der Waals surface area contributed by atoms with Crippen molar-refractivity contribution in [2.75, 3.05) is 0 Å². The first-order valence-corrected chi connectivity index (χ1v) is 8.96. The van der Waals surface area contributed by atoms with E-state index in [2.05, 4.69) is 26.0 Å². The number of esters is 1. The highest BCUT2D eigenvalue weighted by Gasteiger charge is 2.23.